The van der Waals surface area contributed by atoms with E-state index in [9.17, 15) is 9.59 Å². The van der Waals surface area contributed by atoms with Gasteiger partial charge < -0.3 is 14.2 Å². The third-order valence-corrected chi connectivity index (χ3v) is 9.19. The van der Waals surface area contributed by atoms with E-state index in [0.29, 0.717) is 51.7 Å². The molecular formula is C32H28I2N2O5S. The molecule has 0 spiro atoms. The molecule has 0 unspecified atom stereocenters. The van der Waals surface area contributed by atoms with Crippen LogP contribution < -0.4 is 24.4 Å². The van der Waals surface area contributed by atoms with Crippen LogP contribution in [-0.2, 0) is 16.1 Å². The molecule has 7 nitrogen and oxygen atoms in total. The van der Waals surface area contributed by atoms with E-state index in [2.05, 4.69) is 45.2 Å². The number of thiazole rings is 1. The molecule has 0 N–H and O–H groups in total. The first kappa shape index (κ1) is 30.5. The highest BCUT2D eigenvalue weighted by Gasteiger charge is 2.33. The van der Waals surface area contributed by atoms with Gasteiger partial charge in [0, 0.05) is 3.57 Å². The highest BCUT2D eigenvalue weighted by molar-refractivity contribution is 14.1. The van der Waals surface area contributed by atoms with Crippen LogP contribution in [0.25, 0.3) is 6.08 Å². The number of carbonyl (C=O) groups excluding carboxylic acids is 1. The Bertz CT molecular complexity index is 1830. The van der Waals surface area contributed by atoms with Crippen molar-refractivity contribution >= 4 is 68.6 Å². The Morgan fingerprint density at radius 2 is 1.79 bits per heavy atom. The molecule has 0 saturated carbocycles. The number of rotatable bonds is 9. The molecule has 42 heavy (non-hydrogen) atoms. The lowest BCUT2D eigenvalue weighted by Crippen LogP contribution is -2.40. The molecule has 0 aliphatic carbocycles. The summed E-state index contributed by atoms with van der Waals surface area (Å²) in [5, 5.41) is 0. The molecule has 5 rings (SSSR count). The third kappa shape index (κ3) is 6.35. The van der Waals surface area contributed by atoms with Crippen molar-refractivity contribution in [2.45, 2.75) is 32.9 Å². The lowest BCUT2D eigenvalue weighted by atomic mass is 9.95. The molecule has 1 atom stereocenters. The Hall–Kier alpha value is -2.97. The molecule has 1 aliphatic heterocycles. The summed E-state index contributed by atoms with van der Waals surface area (Å²) in [5.74, 6) is 0.779. The summed E-state index contributed by atoms with van der Waals surface area (Å²) in [6, 6.07) is 20.9. The largest absolute Gasteiger partial charge is 0.490 e. The number of aromatic nitrogens is 1. The minimum absolute atomic E-state index is 0.226. The molecule has 10 heteroatoms. The van der Waals surface area contributed by atoms with Gasteiger partial charge in [-0.05, 0) is 106 Å². The molecule has 0 radical (unpaired) electrons. The van der Waals surface area contributed by atoms with Gasteiger partial charge in [0.05, 0.1) is 39.1 Å². The van der Waals surface area contributed by atoms with Crippen LogP contribution in [0.3, 0.4) is 0 Å². The second-order valence-corrected chi connectivity index (χ2v) is 12.8. The Kier molecular flexibility index (Phi) is 9.84. The van der Waals surface area contributed by atoms with Gasteiger partial charge >= 0.3 is 5.97 Å². The number of halogens is 2. The summed E-state index contributed by atoms with van der Waals surface area (Å²) >= 11 is 5.82. The Morgan fingerprint density at radius 1 is 1.05 bits per heavy atom. The topological polar surface area (TPSA) is 79.1 Å². The van der Waals surface area contributed by atoms with Crippen molar-refractivity contribution in [2.75, 3.05) is 13.7 Å². The van der Waals surface area contributed by atoms with Crippen molar-refractivity contribution in [1.29, 1.82) is 0 Å². The van der Waals surface area contributed by atoms with Gasteiger partial charge in [-0.25, -0.2) is 9.79 Å². The monoisotopic (exact) mass is 806 g/mol. The molecule has 4 aromatic rings. The molecule has 3 aromatic carbocycles. The number of hydrogen-bond acceptors (Lipinski definition) is 7. The number of nitrogens with zero attached hydrogens (tertiary/aromatic N) is 2. The number of allylic oxidation sites excluding steroid dienone is 1. The summed E-state index contributed by atoms with van der Waals surface area (Å²) < 4.78 is 21.4. The summed E-state index contributed by atoms with van der Waals surface area (Å²) in [7, 11) is 1.35. The number of esters is 1. The van der Waals surface area contributed by atoms with Crippen molar-refractivity contribution in [3.05, 3.63) is 122 Å². The molecule has 0 amide bonds. The van der Waals surface area contributed by atoms with Gasteiger partial charge in [0.2, 0.25) is 0 Å². The number of hydrogen-bond donors (Lipinski definition) is 0. The second-order valence-electron chi connectivity index (χ2n) is 9.38. The fraction of sp³-hybridized carbons (Fsp3) is 0.219. The van der Waals surface area contributed by atoms with Gasteiger partial charge in [-0.15, -0.1) is 0 Å². The van der Waals surface area contributed by atoms with Gasteiger partial charge in [-0.1, -0.05) is 60.7 Å². The first-order valence-corrected chi connectivity index (χ1v) is 16.3. The van der Waals surface area contributed by atoms with E-state index in [-0.39, 0.29) is 5.56 Å². The highest BCUT2D eigenvalue weighted by atomic mass is 127. The van der Waals surface area contributed by atoms with Crippen LogP contribution in [0, 0.1) is 7.14 Å². The maximum Gasteiger partial charge on any atom is 0.338 e. The van der Waals surface area contributed by atoms with Crippen molar-refractivity contribution in [1.82, 2.24) is 4.57 Å². The molecular weight excluding hydrogens is 778 g/mol. The van der Waals surface area contributed by atoms with Crippen LogP contribution in [0.1, 0.15) is 43.0 Å². The van der Waals surface area contributed by atoms with E-state index in [1.807, 2.05) is 86.7 Å². The second kappa shape index (κ2) is 13.6. The fourth-order valence-corrected chi connectivity index (χ4v) is 6.94. The smallest absolute Gasteiger partial charge is 0.338 e. The number of ether oxygens (including phenoxy) is 3. The summed E-state index contributed by atoms with van der Waals surface area (Å²) in [4.78, 5) is 32.2. The average Bonchev–Trinajstić information content (AvgIpc) is 3.30. The zero-order valence-corrected chi connectivity index (χ0v) is 28.4. The first-order chi connectivity index (χ1) is 20.3. The van der Waals surface area contributed by atoms with Gasteiger partial charge in [-0.2, -0.15) is 0 Å². The number of fused-ring (bicyclic) bond motifs is 1. The number of benzene rings is 3. The molecule has 0 saturated heterocycles. The Labute approximate surface area is 274 Å². The minimum atomic E-state index is -0.636. The van der Waals surface area contributed by atoms with Gasteiger partial charge in [0.1, 0.15) is 6.61 Å². The van der Waals surface area contributed by atoms with Gasteiger partial charge in [0.25, 0.3) is 5.56 Å². The summed E-state index contributed by atoms with van der Waals surface area (Å²) in [5.41, 5.74) is 3.45. The molecule has 1 aromatic heterocycles. The fourth-order valence-electron chi connectivity index (χ4n) is 4.78. The summed E-state index contributed by atoms with van der Waals surface area (Å²) in [6.45, 7) is 4.74. The third-order valence-electron chi connectivity index (χ3n) is 6.69. The maximum absolute atomic E-state index is 13.9. The Morgan fingerprint density at radius 3 is 2.45 bits per heavy atom. The van der Waals surface area contributed by atoms with Crippen LogP contribution in [-0.4, -0.2) is 24.3 Å². The first-order valence-electron chi connectivity index (χ1n) is 13.4. The molecule has 1 aliphatic rings. The standard InChI is InChI=1S/C32H28I2N2O5S/c1-4-24-27(31(38)39-3)28(21-9-7-6-8-10-21)36-30(37)26(42-32(36)35-24)17-20-15-23(34)29(25(16-20)40-5-2)41-18-19-11-13-22(33)14-12-19/h6-17,28H,4-5,18H2,1-3H3/b26-17-/t28-/m0/s1. The molecule has 2 heterocycles. The predicted octanol–water partition coefficient (Wildman–Crippen LogP) is 5.99. The normalized spacial score (nSPS) is 14.8. The molecule has 0 fully saturated rings. The van der Waals surface area contributed by atoms with Gasteiger partial charge in [0.15, 0.2) is 16.3 Å². The maximum atomic E-state index is 13.9. The zero-order chi connectivity index (χ0) is 29.8. The van der Waals surface area contributed by atoms with Crippen molar-refractivity contribution in [3.8, 4) is 11.5 Å². The van der Waals surface area contributed by atoms with Crippen LogP contribution in [0.15, 0.2) is 87.8 Å². The quantitative estimate of drug-likeness (QED) is 0.154. The van der Waals surface area contributed by atoms with Crippen molar-refractivity contribution in [2.24, 2.45) is 4.99 Å². The number of carbonyl (C=O) groups is 1. The van der Waals surface area contributed by atoms with Crippen LogP contribution in [0.2, 0.25) is 0 Å². The van der Waals surface area contributed by atoms with Crippen LogP contribution in [0.4, 0.5) is 0 Å². The average molecular weight is 806 g/mol. The van der Waals surface area contributed by atoms with Crippen LogP contribution in [0.5, 0.6) is 11.5 Å². The minimum Gasteiger partial charge on any atom is -0.490 e. The predicted molar refractivity (Wildman–Crippen MR) is 181 cm³/mol. The SMILES string of the molecule is CCOc1cc(/C=c2\sc3n(c2=O)[C@@H](c2ccccc2)C(C(=O)OC)=C(CC)N=3)cc(I)c1OCc1ccc(I)cc1. The van der Waals surface area contributed by atoms with Crippen molar-refractivity contribution in [3.63, 3.8) is 0 Å². The van der Waals surface area contributed by atoms with E-state index >= 15 is 0 Å². The Balaban J connectivity index is 1.59. The summed E-state index contributed by atoms with van der Waals surface area (Å²) in [6.07, 6.45) is 2.37. The van der Waals surface area contributed by atoms with E-state index in [1.165, 1.54) is 18.4 Å². The highest BCUT2D eigenvalue weighted by Crippen LogP contribution is 2.35. The number of methoxy groups -OCH3 is 1. The van der Waals surface area contributed by atoms with Gasteiger partial charge in [-0.3, -0.25) is 9.36 Å². The lowest BCUT2D eigenvalue weighted by Gasteiger charge is -2.25. The van der Waals surface area contributed by atoms with E-state index < -0.39 is 12.0 Å². The van der Waals surface area contributed by atoms with Crippen LogP contribution >= 0.6 is 56.5 Å². The molecule has 0 bridgehead atoms. The van der Waals surface area contributed by atoms with E-state index in [4.69, 9.17) is 19.2 Å². The zero-order valence-electron chi connectivity index (χ0n) is 23.2. The van der Waals surface area contributed by atoms with E-state index in [0.717, 1.165) is 23.8 Å². The van der Waals surface area contributed by atoms with E-state index in [1.54, 1.807) is 4.57 Å². The lowest BCUT2D eigenvalue weighted by molar-refractivity contribution is -0.136. The molecule has 216 valence electrons. The van der Waals surface area contributed by atoms with Crippen molar-refractivity contribution < 1.29 is 19.0 Å².